The summed E-state index contributed by atoms with van der Waals surface area (Å²) in [5, 5.41) is 2.97. The summed E-state index contributed by atoms with van der Waals surface area (Å²) in [6.45, 7) is 6.18. The van der Waals surface area contributed by atoms with E-state index in [2.05, 4.69) is 12.2 Å². The summed E-state index contributed by atoms with van der Waals surface area (Å²) in [6.07, 6.45) is 1.96. The average molecular weight is 372 g/mol. The van der Waals surface area contributed by atoms with Crippen molar-refractivity contribution in [1.82, 2.24) is 9.62 Å². The maximum Gasteiger partial charge on any atom is 0.275 e. The number of halogens is 1. The van der Waals surface area contributed by atoms with Gasteiger partial charge in [-0.05, 0) is 31.5 Å². The highest BCUT2D eigenvalue weighted by Gasteiger charge is 2.31. The van der Waals surface area contributed by atoms with Crippen LogP contribution in [0.25, 0.3) is 0 Å². The van der Waals surface area contributed by atoms with Crippen molar-refractivity contribution in [3.05, 3.63) is 30.1 Å². The molecular weight excluding hydrogens is 345 g/mol. The van der Waals surface area contributed by atoms with Crippen LogP contribution >= 0.6 is 0 Å². The highest BCUT2D eigenvalue weighted by molar-refractivity contribution is 7.89. The zero-order valence-electron chi connectivity index (χ0n) is 14.8. The Morgan fingerprint density at radius 1 is 1.36 bits per heavy atom. The number of carbonyl (C=O) groups is 1. The van der Waals surface area contributed by atoms with Crippen molar-refractivity contribution in [2.45, 2.75) is 37.6 Å². The van der Waals surface area contributed by atoms with E-state index in [-0.39, 0.29) is 16.8 Å². The summed E-state index contributed by atoms with van der Waals surface area (Å²) in [5.74, 6) is -0.569. The summed E-state index contributed by atoms with van der Waals surface area (Å²) in [6, 6.07) is 5.22. The highest BCUT2D eigenvalue weighted by Crippen LogP contribution is 2.16. The molecule has 1 heterocycles. The van der Waals surface area contributed by atoms with Crippen LogP contribution in [0.3, 0.4) is 0 Å². The second kappa shape index (κ2) is 8.73. The third-order valence-electron chi connectivity index (χ3n) is 4.40. The molecule has 0 aliphatic carbocycles. The number of carbonyl (C=O) groups excluding carboxylic acids is 1. The molecule has 2 N–H and O–H groups in total. The predicted octanol–water partition coefficient (Wildman–Crippen LogP) is 0.0197. The quantitative estimate of drug-likeness (QED) is 0.709. The number of hydrogen-bond acceptors (Lipinski definition) is 3. The lowest BCUT2D eigenvalue weighted by Gasteiger charge is -2.31. The number of benzene rings is 1. The molecule has 0 saturated carbocycles. The SMILES string of the molecule is CCC[C@@H](C)NC(=O)C[NH+]1CCN(S(=O)(=O)c2cccc(F)c2)CC1. The Balaban J connectivity index is 1.88. The molecule has 2 rings (SSSR count). The van der Waals surface area contributed by atoms with E-state index in [1.165, 1.54) is 22.5 Å². The van der Waals surface area contributed by atoms with E-state index in [1.54, 1.807) is 0 Å². The number of amides is 1. The summed E-state index contributed by atoms with van der Waals surface area (Å²) < 4.78 is 39.8. The normalized spacial score (nSPS) is 18.0. The molecule has 1 amide bonds. The van der Waals surface area contributed by atoms with Crippen LogP contribution in [0.15, 0.2) is 29.2 Å². The first kappa shape index (κ1) is 19.8. The number of hydrogen-bond donors (Lipinski definition) is 2. The fraction of sp³-hybridized carbons (Fsp3) is 0.588. The van der Waals surface area contributed by atoms with Gasteiger partial charge < -0.3 is 10.2 Å². The van der Waals surface area contributed by atoms with E-state index in [0.29, 0.717) is 32.7 Å². The summed E-state index contributed by atoms with van der Waals surface area (Å²) in [7, 11) is -3.68. The standard InChI is InChI=1S/C17H26FN3O3S/c1-3-5-14(2)19-17(22)13-20-8-10-21(11-9-20)25(23,24)16-7-4-6-15(18)12-16/h4,6-7,12,14H,3,5,8-11,13H2,1-2H3,(H,19,22)/p+1/t14-/m1/s1. The van der Waals surface area contributed by atoms with Crippen molar-refractivity contribution in [3.8, 4) is 0 Å². The van der Waals surface area contributed by atoms with Crippen molar-refractivity contribution >= 4 is 15.9 Å². The van der Waals surface area contributed by atoms with Gasteiger partial charge in [-0.2, -0.15) is 4.31 Å². The lowest BCUT2D eigenvalue weighted by molar-refractivity contribution is -0.895. The maximum absolute atomic E-state index is 13.3. The maximum atomic E-state index is 13.3. The molecule has 1 saturated heterocycles. The van der Waals surface area contributed by atoms with E-state index in [1.807, 2.05) is 6.92 Å². The van der Waals surface area contributed by atoms with Gasteiger partial charge in [0.05, 0.1) is 31.1 Å². The van der Waals surface area contributed by atoms with E-state index in [9.17, 15) is 17.6 Å². The topological polar surface area (TPSA) is 70.9 Å². The Labute approximate surface area is 149 Å². The second-order valence-corrected chi connectivity index (χ2v) is 8.48. The number of nitrogens with zero attached hydrogens (tertiary/aromatic N) is 1. The second-order valence-electron chi connectivity index (χ2n) is 6.55. The van der Waals surface area contributed by atoms with Gasteiger partial charge in [-0.3, -0.25) is 4.79 Å². The van der Waals surface area contributed by atoms with Crippen LogP contribution in [-0.4, -0.2) is 57.4 Å². The van der Waals surface area contributed by atoms with Crippen molar-refractivity contribution < 1.29 is 22.5 Å². The van der Waals surface area contributed by atoms with Crippen LogP contribution in [0.2, 0.25) is 0 Å². The van der Waals surface area contributed by atoms with Gasteiger partial charge in [0.1, 0.15) is 5.82 Å². The number of quaternary nitrogens is 1. The molecule has 1 aliphatic heterocycles. The minimum absolute atomic E-state index is 0.00242. The predicted molar refractivity (Wildman–Crippen MR) is 93.2 cm³/mol. The molecule has 1 atom stereocenters. The van der Waals surface area contributed by atoms with E-state index in [4.69, 9.17) is 0 Å². The third-order valence-corrected chi connectivity index (χ3v) is 6.30. The first-order valence-electron chi connectivity index (χ1n) is 8.71. The van der Waals surface area contributed by atoms with Gasteiger partial charge in [-0.25, -0.2) is 12.8 Å². The van der Waals surface area contributed by atoms with Crippen molar-refractivity contribution in [2.75, 3.05) is 32.7 Å². The monoisotopic (exact) mass is 372 g/mol. The largest absolute Gasteiger partial charge is 0.349 e. The molecule has 8 heteroatoms. The fourth-order valence-electron chi connectivity index (χ4n) is 3.05. The van der Waals surface area contributed by atoms with Gasteiger partial charge in [0, 0.05) is 6.04 Å². The minimum Gasteiger partial charge on any atom is -0.349 e. The van der Waals surface area contributed by atoms with Crippen molar-refractivity contribution in [3.63, 3.8) is 0 Å². The van der Waals surface area contributed by atoms with Crippen LogP contribution in [0, 0.1) is 5.82 Å². The highest BCUT2D eigenvalue weighted by atomic mass is 32.2. The minimum atomic E-state index is -3.68. The molecule has 0 aromatic heterocycles. The van der Waals surface area contributed by atoms with Gasteiger partial charge in [0.25, 0.3) is 5.91 Å². The summed E-state index contributed by atoms with van der Waals surface area (Å²) in [5.41, 5.74) is 0. The number of sulfonamides is 1. The molecule has 6 nitrogen and oxygen atoms in total. The third kappa shape index (κ3) is 5.49. The van der Waals surface area contributed by atoms with Gasteiger partial charge in [0.2, 0.25) is 10.0 Å². The molecule has 25 heavy (non-hydrogen) atoms. The van der Waals surface area contributed by atoms with E-state index < -0.39 is 15.8 Å². The first-order chi connectivity index (χ1) is 11.8. The van der Waals surface area contributed by atoms with E-state index >= 15 is 0 Å². The number of rotatable bonds is 7. The molecule has 0 unspecified atom stereocenters. The smallest absolute Gasteiger partial charge is 0.275 e. The van der Waals surface area contributed by atoms with Crippen molar-refractivity contribution in [2.24, 2.45) is 0 Å². The van der Waals surface area contributed by atoms with Gasteiger partial charge in [0.15, 0.2) is 6.54 Å². The van der Waals surface area contributed by atoms with Crippen LogP contribution in [0.1, 0.15) is 26.7 Å². The lowest BCUT2D eigenvalue weighted by atomic mass is 10.2. The Hall–Kier alpha value is -1.51. The number of nitrogens with one attached hydrogen (secondary N) is 2. The molecule has 1 aromatic rings. The fourth-order valence-corrected chi connectivity index (χ4v) is 4.53. The Bertz CT molecular complexity index is 688. The summed E-state index contributed by atoms with van der Waals surface area (Å²) in [4.78, 5) is 13.1. The first-order valence-corrected chi connectivity index (χ1v) is 10.2. The average Bonchev–Trinajstić information content (AvgIpc) is 2.55. The number of piperazine rings is 1. The van der Waals surface area contributed by atoms with E-state index in [0.717, 1.165) is 23.8 Å². The van der Waals surface area contributed by atoms with Crippen LogP contribution < -0.4 is 10.2 Å². The Morgan fingerprint density at radius 2 is 2.04 bits per heavy atom. The lowest BCUT2D eigenvalue weighted by Crippen LogP contribution is -3.15. The van der Waals surface area contributed by atoms with Gasteiger partial charge >= 0.3 is 0 Å². The molecule has 0 spiro atoms. The molecule has 0 radical (unpaired) electrons. The van der Waals surface area contributed by atoms with Crippen LogP contribution in [-0.2, 0) is 14.8 Å². The molecule has 140 valence electrons. The Morgan fingerprint density at radius 3 is 2.64 bits per heavy atom. The van der Waals surface area contributed by atoms with Crippen LogP contribution in [0.5, 0.6) is 0 Å². The molecule has 0 bridgehead atoms. The van der Waals surface area contributed by atoms with Gasteiger partial charge in [-0.15, -0.1) is 0 Å². The zero-order chi connectivity index (χ0) is 18.4. The molecule has 1 aliphatic rings. The molecule has 1 fully saturated rings. The summed E-state index contributed by atoms with van der Waals surface area (Å²) >= 11 is 0. The van der Waals surface area contributed by atoms with Crippen molar-refractivity contribution in [1.29, 1.82) is 0 Å². The van der Waals surface area contributed by atoms with Crippen LogP contribution in [0.4, 0.5) is 4.39 Å². The molecular formula is C17H27FN3O3S+. The molecule has 1 aromatic carbocycles. The zero-order valence-corrected chi connectivity index (χ0v) is 15.6. The Kier molecular flexibility index (Phi) is 6.92. The van der Waals surface area contributed by atoms with Gasteiger partial charge in [-0.1, -0.05) is 19.4 Å².